The lowest BCUT2D eigenvalue weighted by atomic mass is 10.2. The maximum atomic E-state index is 12.7. The number of carbonyl (C=O) groups excluding carboxylic acids is 1. The molecular formula is C20H19N7O2. The first-order valence-electron chi connectivity index (χ1n) is 9.43. The van der Waals surface area contributed by atoms with Gasteiger partial charge >= 0.3 is 0 Å². The zero-order chi connectivity index (χ0) is 19.8. The molecule has 5 rings (SSSR count). The predicted molar refractivity (Wildman–Crippen MR) is 106 cm³/mol. The van der Waals surface area contributed by atoms with Crippen molar-refractivity contribution in [3.8, 4) is 11.5 Å². The minimum atomic E-state index is -0.163. The fourth-order valence-electron chi connectivity index (χ4n) is 3.59. The van der Waals surface area contributed by atoms with Crippen LogP contribution in [0.3, 0.4) is 0 Å². The van der Waals surface area contributed by atoms with Crippen molar-refractivity contribution in [1.29, 1.82) is 0 Å². The van der Waals surface area contributed by atoms with Crippen LogP contribution in [0.25, 0.3) is 22.4 Å². The summed E-state index contributed by atoms with van der Waals surface area (Å²) in [4.78, 5) is 23.6. The highest BCUT2D eigenvalue weighted by Crippen LogP contribution is 2.23. The van der Waals surface area contributed by atoms with Gasteiger partial charge in [-0.05, 0) is 31.5 Å². The van der Waals surface area contributed by atoms with Crippen LogP contribution in [0.15, 0.2) is 47.1 Å². The zero-order valence-corrected chi connectivity index (χ0v) is 15.8. The van der Waals surface area contributed by atoms with E-state index in [4.69, 9.17) is 4.52 Å². The Hall–Kier alpha value is -3.75. The van der Waals surface area contributed by atoms with Crippen molar-refractivity contribution in [2.24, 2.45) is 0 Å². The largest absolute Gasteiger partial charge is 0.354 e. The Balaban J connectivity index is 1.25. The predicted octanol–water partition coefficient (Wildman–Crippen LogP) is 2.33. The summed E-state index contributed by atoms with van der Waals surface area (Å²) >= 11 is 0. The molecule has 146 valence electrons. The summed E-state index contributed by atoms with van der Waals surface area (Å²) in [5.74, 6) is 1.74. The fourth-order valence-corrected chi connectivity index (χ4v) is 3.59. The summed E-state index contributed by atoms with van der Waals surface area (Å²) in [5.41, 5.74) is 2.06. The molecule has 0 radical (unpaired) electrons. The summed E-state index contributed by atoms with van der Waals surface area (Å²) in [7, 11) is 0. The second kappa shape index (κ2) is 7.01. The van der Waals surface area contributed by atoms with Crippen LogP contribution in [0.2, 0.25) is 0 Å². The lowest BCUT2D eigenvalue weighted by Gasteiger charge is -2.17. The first-order chi connectivity index (χ1) is 14.2. The number of hydrogen-bond acceptors (Lipinski definition) is 7. The van der Waals surface area contributed by atoms with Crippen LogP contribution >= 0.6 is 0 Å². The molecule has 0 saturated carbocycles. The second-order valence-electron chi connectivity index (χ2n) is 7.07. The Bertz CT molecular complexity index is 1170. The topological polar surface area (TPSA) is 113 Å². The highest BCUT2D eigenvalue weighted by atomic mass is 16.5. The van der Waals surface area contributed by atoms with Gasteiger partial charge in [0.1, 0.15) is 5.82 Å². The van der Waals surface area contributed by atoms with Crippen LogP contribution in [0.1, 0.15) is 22.7 Å². The number of H-pyrrole nitrogens is 1. The smallest absolute Gasteiger partial charge is 0.272 e. The number of nitrogens with zero attached hydrogens (tertiary/aromatic N) is 5. The van der Waals surface area contributed by atoms with E-state index >= 15 is 0 Å². The Morgan fingerprint density at radius 1 is 1.28 bits per heavy atom. The molecule has 0 spiro atoms. The number of para-hydroxylation sites is 1. The van der Waals surface area contributed by atoms with E-state index < -0.39 is 0 Å². The standard InChI is InChI=1S/C20H19N7O2/c1-12-22-20(29-26-12)13-6-7-17(21-10-13)27-9-8-14(11-27)23-19(28)18-15-4-2-3-5-16(15)24-25-18/h2-7,10,14H,8-9,11H2,1H3,(H,23,28)(H,24,25)/t14-/m0/s1. The number of nitrogens with one attached hydrogen (secondary N) is 2. The summed E-state index contributed by atoms with van der Waals surface area (Å²) in [6.07, 6.45) is 2.57. The van der Waals surface area contributed by atoms with Gasteiger partial charge in [0.05, 0.1) is 11.1 Å². The number of anilines is 1. The molecule has 3 aromatic heterocycles. The first-order valence-corrected chi connectivity index (χ1v) is 9.43. The molecule has 1 saturated heterocycles. The number of pyridine rings is 1. The van der Waals surface area contributed by atoms with Crippen LogP contribution in [-0.2, 0) is 0 Å². The molecule has 1 atom stereocenters. The van der Waals surface area contributed by atoms with Gasteiger partial charge in [0.2, 0.25) is 0 Å². The summed E-state index contributed by atoms with van der Waals surface area (Å²) < 4.78 is 5.17. The third-order valence-electron chi connectivity index (χ3n) is 5.06. The van der Waals surface area contributed by atoms with Crippen LogP contribution in [0, 0.1) is 6.92 Å². The van der Waals surface area contributed by atoms with E-state index in [2.05, 4.69) is 35.5 Å². The number of benzene rings is 1. The van der Waals surface area contributed by atoms with Gasteiger partial charge in [-0.25, -0.2) is 4.98 Å². The number of aromatic nitrogens is 5. The van der Waals surface area contributed by atoms with Crippen LogP contribution in [0.4, 0.5) is 5.82 Å². The normalized spacial score (nSPS) is 16.4. The van der Waals surface area contributed by atoms with Crippen molar-refractivity contribution in [2.45, 2.75) is 19.4 Å². The molecule has 1 fully saturated rings. The molecule has 1 amide bonds. The van der Waals surface area contributed by atoms with Crippen molar-refractivity contribution in [3.05, 3.63) is 54.1 Å². The highest BCUT2D eigenvalue weighted by molar-refractivity contribution is 6.04. The van der Waals surface area contributed by atoms with Gasteiger partial charge in [0.15, 0.2) is 11.5 Å². The number of aryl methyl sites for hydroxylation is 1. The molecule has 2 N–H and O–H groups in total. The number of aromatic amines is 1. The van der Waals surface area contributed by atoms with Gasteiger partial charge in [-0.1, -0.05) is 23.4 Å². The number of carbonyl (C=O) groups is 1. The number of rotatable bonds is 4. The molecule has 9 nitrogen and oxygen atoms in total. The minimum Gasteiger partial charge on any atom is -0.354 e. The molecule has 29 heavy (non-hydrogen) atoms. The molecule has 1 aromatic carbocycles. The lowest BCUT2D eigenvalue weighted by Crippen LogP contribution is -2.37. The van der Waals surface area contributed by atoms with Gasteiger partial charge in [-0.15, -0.1) is 0 Å². The summed E-state index contributed by atoms with van der Waals surface area (Å²) in [6, 6.07) is 11.5. The second-order valence-corrected chi connectivity index (χ2v) is 7.07. The number of hydrogen-bond donors (Lipinski definition) is 2. The van der Waals surface area contributed by atoms with E-state index in [1.54, 1.807) is 13.1 Å². The number of amides is 1. The summed E-state index contributed by atoms with van der Waals surface area (Å²) in [5, 5.41) is 14.8. The van der Waals surface area contributed by atoms with E-state index in [1.807, 2.05) is 36.4 Å². The third-order valence-corrected chi connectivity index (χ3v) is 5.06. The molecule has 4 aromatic rings. The van der Waals surface area contributed by atoms with Crippen LogP contribution in [-0.4, -0.2) is 50.4 Å². The van der Waals surface area contributed by atoms with Crippen molar-refractivity contribution in [1.82, 2.24) is 30.6 Å². The van der Waals surface area contributed by atoms with Gasteiger partial charge in [-0.2, -0.15) is 10.1 Å². The van der Waals surface area contributed by atoms with E-state index in [-0.39, 0.29) is 11.9 Å². The van der Waals surface area contributed by atoms with E-state index in [0.29, 0.717) is 24.0 Å². The Morgan fingerprint density at radius 3 is 2.97 bits per heavy atom. The van der Waals surface area contributed by atoms with Crippen molar-refractivity contribution >= 4 is 22.6 Å². The van der Waals surface area contributed by atoms with Crippen molar-refractivity contribution in [3.63, 3.8) is 0 Å². The van der Waals surface area contributed by atoms with Gasteiger partial charge in [-0.3, -0.25) is 9.89 Å². The molecule has 4 heterocycles. The molecule has 0 bridgehead atoms. The van der Waals surface area contributed by atoms with Crippen LogP contribution in [0.5, 0.6) is 0 Å². The monoisotopic (exact) mass is 389 g/mol. The number of fused-ring (bicyclic) bond motifs is 1. The van der Waals surface area contributed by atoms with Crippen molar-refractivity contribution in [2.75, 3.05) is 18.0 Å². The summed E-state index contributed by atoms with van der Waals surface area (Å²) in [6.45, 7) is 3.29. The minimum absolute atomic E-state index is 0.0398. The van der Waals surface area contributed by atoms with Crippen molar-refractivity contribution < 1.29 is 9.32 Å². The van der Waals surface area contributed by atoms with E-state index in [0.717, 1.165) is 35.2 Å². The molecule has 1 aliphatic rings. The molecular weight excluding hydrogens is 370 g/mol. The first kappa shape index (κ1) is 17.4. The van der Waals surface area contributed by atoms with E-state index in [9.17, 15) is 4.79 Å². The SMILES string of the molecule is Cc1noc(-c2ccc(N3CC[C@H](NC(=O)c4n[nH]c5ccccc45)C3)nc2)n1. The average Bonchev–Trinajstić information content (AvgIpc) is 3.47. The molecule has 0 unspecified atom stereocenters. The molecule has 1 aliphatic heterocycles. The van der Waals surface area contributed by atoms with E-state index in [1.165, 1.54) is 0 Å². The Kier molecular flexibility index (Phi) is 4.19. The Labute approximate surface area is 166 Å². The Morgan fingerprint density at radius 2 is 2.17 bits per heavy atom. The third kappa shape index (κ3) is 3.31. The maximum absolute atomic E-state index is 12.7. The quantitative estimate of drug-likeness (QED) is 0.551. The lowest BCUT2D eigenvalue weighted by molar-refractivity contribution is 0.0937. The molecule has 9 heteroatoms. The molecule has 0 aliphatic carbocycles. The maximum Gasteiger partial charge on any atom is 0.272 e. The average molecular weight is 389 g/mol. The van der Waals surface area contributed by atoms with Gasteiger partial charge in [0, 0.05) is 30.7 Å². The zero-order valence-electron chi connectivity index (χ0n) is 15.8. The van der Waals surface area contributed by atoms with Gasteiger partial charge in [0.25, 0.3) is 11.8 Å². The highest BCUT2D eigenvalue weighted by Gasteiger charge is 2.26. The fraction of sp³-hybridized carbons (Fsp3) is 0.250. The van der Waals surface area contributed by atoms with Crippen LogP contribution < -0.4 is 10.2 Å². The van der Waals surface area contributed by atoms with Gasteiger partial charge < -0.3 is 14.7 Å².